The van der Waals surface area contributed by atoms with E-state index < -0.39 is 18.7 Å². The molecule has 1 fully saturated rings. The minimum Gasteiger partial charge on any atom is -0.371 e. The molecule has 1 atom stereocenters. The lowest BCUT2D eigenvalue weighted by molar-refractivity contribution is -0.178. The molecule has 1 heterocycles. The van der Waals surface area contributed by atoms with Gasteiger partial charge in [0.15, 0.2) is 0 Å². The smallest absolute Gasteiger partial charge is 0.371 e. The zero-order chi connectivity index (χ0) is 10.6. The van der Waals surface area contributed by atoms with Crippen LogP contribution in [0.4, 0.5) is 13.2 Å². The summed E-state index contributed by atoms with van der Waals surface area (Å²) >= 11 is 0. The van der Waals surface area contributed by atoms with Gasteiger partial charge in [-0.25, -0.2) is 0 Å². The first-order valence-electron chi connectivity index (χ1n) is 4.41. The van der Waals surface area contributed by atoms with Crippen molar-refractivity contribution < 1.29 is 22.7 Å². The quantitative estimate of drug-likeness (QED) is 0.758. The lowest BCUT2D eigenvalue weighted by atomic mass is 10.00. The molecular formula is C8H12F3NO2. The van der Waals surface area contributed by atoms with Crippen LogP contribution >= 0.6 is 0 Å². The van der Waals surface area contributed by atoms with Crippen molar-refractivity contribution in [3.8, 4) is 0 Å². The summed E-state index contributed by atoms with van der Waals surface area (Å²) in [4.78, 5) is 11.1. The summed E-state index contributed by atoms with van der Waals surface area (Å²) in [6, 6.07) is 0. The molecule has 1 N–H and O–H groups in total. The summed E-state index contributed by atoms with van der Waals surface area (Å²) < 4.78 is 39.5. The second-order valence-corrected chi connectivity index (χ2v) is 3.26. The number of amides is 1. The molecular weight excluding hydrogens is 199 g/mol. The summed E-state index contributed by atoms with van der Waals surface area (Å²) in [6.07, 6.45) is -2.92. The number of ether oxygens (including phenoxy) is 1. The topological polar surface area (TPSA) is 38.3 Å². The van der Waals surface area contributed by atoms with Crippen LogP contribution < -0.4 is 5.32 Å². The van der Waals surface area contributed by atoms with E-state index in [1.807, 2.05) is 0 Å². The first kappa shape index (κ1) is 11.3. The molecule has 6 heteroatoms. The van der Waals surface area contributed by atoms with Gasteiger partial charge in [0.25, 0.3) is 0 Å². The van der Waals surface area contributed by atoms with Crippen molar-refractivity contribution in [3.63, 3.8) is 0 Å². The summed E-state index contributed by atoms with van der Waals surface area (Å²) in [5.41, 5.74) is 0. The Morgan fingerprint density at radius 1 is 1.50 bits per heavy atom. The number of hydrogen-bond acceptors (Lipinski definition) is 2. The molecule has 1 aliphatic heterocycles. The van der Waals surface area contributed by atoms with Gasteiger partial charge in [0.1, 0.15) is 6.61 Å². The van der Waals surface area contributed by atoms with Gasteiger partial charge in [-0.1, -0.05) is 0 Å². The summed E-state index contributed by atoms with van der Waals surface area (Å²) in [5, 5.41) is 2.58. The van der Waals surface area contributed by atoms with Crippen LogP contribution in [0.3, 0.4) is 0 Å². The van der Waals surface area contributed by atoms with E-state index in [0.29, 0.717) is 13.0 Å². The number of nitrogens with one attached hydrogen (secondary N) is 1. The Kier molecular flexibility index (Phi) is 3.74. The van der Waals surface area contributed by atoms with Gasteiger partial charge in [-0.05, 0) is 12.8 Å². The van der Waals surface area contributed by atoms with Crippen molar-refractivity contribution in [1.29, 1.82) is 0 Å². The molecule has 0 aliphatic carbocycles. The Labute approximate surface area is 79.6 Å². The minimum absolute atomic E-state index is 0.147. The Morgan fingerprint density at radius 2 is 2.21 bits per heavy atom. The van der Waals surface area contributed by atoms with E-state index in [2.05, 4.69) is 10.1 Å². The number of rotatable bonds is 3. The molecule has 0 radical (unpaired) electrons. The number of hydrogen-bond donors (Lipinski definition) is 1. The molecule has 0 spiro atoms. The van der Waals surface area contributed by atoms with Crippen LogP contribution in [-0.2, 0) is 9.53 Å². The highest BCUT2D eigenvalue weighted by molar-refractivity contribution is 5.79. The number of piperidine rings is 1. The second kappa shape index (κ2) is 4.63. The zero-order valence-electron chi connectivity index (χ0n) is 7.56. The molecule has 1 rings (SSSR count). The maximum Gasteiger partial charge on any atom is 0.411 e. The molecule has 82 valence electrons. The number of carbonyl (C=O) groups excluding carboxylic acids is 1. The number of alkyl halides is 3. The molecule has 0 aromatic carbocycles. The van der Waals surface area contributed by atoms with E-state index in [0.717, 1.165) is 6.42 Å². The zero-order valence-corrected chi connectivity index (χ0v) is 7.56. The van der Waals surface area contributed by atoms with Crippen molar-refractivity contribution in [3.05, 3.63) is 0 Å². The van der Waals surface area contributed by atoms with Gasteiger partial charge >= 0.3 is 6.18 Å². The SMILES string of the molecule is O=C1NCCCC1COCC(F)(F)F. The maximum atomic E-state index is 11.7. The van der Waals surface area contributed by atoms with E-state index in [1.54, 1.807) is 0 Å². The Balaban J connectivity index is 2.20. The fourth-order valence-electron chi connectivity index (χ4n) is 1.31. The second-order valence-electron chi connectivity index (χ2n) is 3.26. The Hall–Kier alpha value is -0.780. The molecule has 0 bridgehead atoms. The molecule has 1 amide bonds. The molecule has 0 saturated carbocycles. The van der Waals surface area contributed by atoms with Crippen molar-refractivity contribution in [2.24, 2.45) is 5.92 Å². The molecule has 0 aromatic rings. The van der Waals surface area contributed by atoms with Gasteiger partial charge in [-0.2, -0.15) is 13.2 Å². The molecule has 1 saturated heterocycles. The third-order valence-corrected chi connectivity index (χ3v) is 1.98. The van der Waals surface area contributed by atoms with Crippen molar-refractivity contribution >= 4 is 5.91 Å². The highest BCUT2D eigenvalue weighted by atomic mass is 19.4. The third kappa shape index (κ3) is 3.95. The summed E-state index contributed by atoms with van der Waals surface area (Å²) in [6.45, 7) is -0.823. The van der Waals surface area contributed by atoms with Gasteiger partial charge in [-0.15, -0.1) is 0 Å². The lowest BCUT2D eigenvalue weighted by Crippen LogP contribution is -2.39. The largest absolute Gasteiger partial charge is 0.411 e. The van der Waals surface area contributed by atoms with Crippen molar-refractivity contribution in [2.45, 2.75) is 19.0 Å². The fourth-order valence-corrected chi connectivity index (χ4v) is 1.31. The molecule has 1 aliphatic rings. The van der Waals surface area contributed by atoms with E-state index in [1.165, 1.54) is 0 Å². The first-order chi connectivity index (χ1) is 6.49. The lowest BCUT2D eigenvalue weighted by Gasteiger charge is -2.21. The highest BCUT2D eigenvalue weighted by Gasteiger charge is 2.29. The predicted octanol–water partition coefficient (Wildman–Crippen LogP) is 1.09. The van der Waals surface area contributed by atoms with Crippen LogP contribution in [0.15, 0.2) is 0 Å². The van der Waals surface area contributed by atoms with E-state index in [9.17, 15) is 18.0 Å². The standard InChI is InChI=1S/C8H12F3NO2/c9-8(10,11)5-14-4-6-2-1-3-12-7(6)13/h6H,1-5H2,(H,12,13). The van der Waals surface area contributed by atoms with Gasteiger partial charge in [-0.3, -0.25) is 4.79 Å². The molecule has 14 heavy (non-hydrogen) atoms. The van der Waals surface area contributed by atoms with E-state index in [4.69, 9.17) is 0 Å². The normalized spacial score (nSPS) is 23.4. The van der Waals surface area contributed by atoms with Crippen molar-refractivity contribution in [2.75, 3.05) is 19.8 Å². The Bertz CT molecular complexity index is 205. The van der Waals surface area contributed by atoms with Gasteiger partial charge in [0.05, 0.1) is 12.5 Å². The average molecular weight is 211 g/mol. The third-order valence-electron chi connectivity index (χ3n) is 1.98. The minimum atomic E-state index is -4.31. The van der Waals surface area contributed by atoms with Crippen LogP contribution in [0.25, 0.3) is 0 Å². The molecule has 3 nitrogen and oxygen atoms in total. The van der Waals surface area contributed by atoms with E-state index in [-0.39, 0.29) is 12.5 Å². The maximum absolute atomic E-state index is 11.7. The van der Waals surface area contributed by atoms with Crippen molar-refractivity contribution in [1.82, 2.24) is 5.32 Å². The Morgan fingerprint density at radius 3 is 2.79 bits per heavy atom. The summed E-state index contributed by atoms with van der Waals surface area (Å²) in [5.74, 6) is -0.635. The molecule has 1 unspecified atom stereocenters. The average Bonchev–Trinajstić information content (AvgIpc) is 2.06. The summed E-state index contributed by atoms with van der Waals surface area (Å²) in [7, 11) is 0. The van der Waals surface area contributed by atoms with Crippen LogP contribution in [0.5, 0.6) is 0 Å². The molecule has 0 aromatic heterocycles. The highest BCUT2D eigenvalue weighted by Crippen LogP contribution is 2.17. The van der Waals surface area contributed by atoms with Crippen LogP contribution in [-0.4, -0.2) is 31.8 Å². The number of carbonyl (C=O) groups is 1. The van der Waals surface area contributed by atoms with Crippen LogP contribution in [0.2, 0.25) is 0 Å². The monoisotopic (exact) mass is 211 g/mol. The first-order valence-corrected chi connectivity index (χ1v) is 4.41. The fraction of sp³-hybridized carbons (Fsp3) is 0.875. The van der Waals surface area contributed by atoms with Crippen LogP contribution in [0, 0.1) is 5.92 Å². The predicted molar refractivity (Wildman–Crippen MR) is 42.6 cm³/mol. The van der Waals surface area contributed by atoms with Crippen LogP contribution in [0.1, 0.15) is 12.8 Å². The van der Waals surface area contributed by atoms with E-state index >= 15 is 0 Å². The van der Waals surface area contributed by atoms with Gasteiger partial charge < -0.3 is 10.1 Å². The van der Waals surface area contributed by atoms with Gasteiger partial charge in [0, 0.05) is 6.54 Å². The van der Waals surface area contributed by atoms with Gasteiger partial charge in [0.2, 0.25) is 5.91 Å². The number of halogens is 3.